The standard InChI is InChI=1S/C10H12N6O/c1-7(11)10(17)13-8-4-2-3-5-9(8)16-6-12-14-15-16/h2-7H,11H2,1H3,(H,13,17). The van der Waals surface area contributed by atoms with Crippen LogP contribution >= 0.6 is 0 Å². The number of nitrogens with zero attached hydrogens (tertiary/aromatic N) is 4. The summed E-state index contributed by atoms with van der Waals surface area (Å²) in [5.41, 5.74) is 6.79. The van der Waals surface area contributed by atoms with E-state index in [1.54, 1.807) is 19.1 Å². The average molecular weight is 232 g/mol. The maximum atomic E-state index is 11.5. The first-order valence-electron chi connectivity index (χ1n) is 5.07. The van der Waals surface area contributed by atoms with Crippen LogP contribution in [0.1, 0.15) is 6.92 Å². The molecule has 1 amide bonds. The fourth-order valence-electron chi connectivity index (χ4n) is 1.30. The third-order valence-electron chi connectivity index (χ3n) is 2.17. The maximum Gasteiger partial charge on any atom is 0.241 e. The first kappa shape index (κ1) is 11.2. The first-order chi connectivity index (χ1) is 8.18. The Kier molecular flexibility index (Phi) is 3.10. The van der Waals surface area contributed by atoms with Crippen molar-refractivity contribution in [2.75, 3.05) is 5.32 Å². The van der Waals surface area contributed by atoms with Crippen molar-refractivity contribution in [2.24, 2.45) is 5.73 Å². The molecule has 2 aromatic rings. The Labute approximate surface area is 97.6 Å². The van der Waals surface area contributed by atoms with Gasteiger partial charge in [0.05, 0.1) is 17.4 Å². The van der Waals surface area contributed by atoms with E-state index < -0.39 is 6.04 Å². The number of anilines is 1. The number of para-hydroxylation sites is 2. The molecule has 0 aliphatic carbocycles. The van der Waals surface area contributed by atoms with E-state index in [1.165, 1.54) is 11.0 Å². The van der Waals surface area contributed by atoms with Crippen molar-refractivity contribution in [3.63, 3.8) is 0 Å². The van der Waals surface area contributed by atoms with Gasteiger partial charge in [0.15, 0.2) is 0 Å². The van der Waals surface area contributed by atoms with Gasteiger partial charge in [-0.1, -0.05) is 12.1 Å². The van der Waals surface area contributed by atoms with Crippen molar-refractivity contribution in [3.8, 4) is 5.69 Å². The zero-order valence-corrected chi connectivity index (χ0v) is 9.24. The van der Waals surface area contributed by atoms with E-state index in [4.69, 9.17) is 5.73 Å². The van der Waals surface area contributed by atoms with Gasteiger partial charge < -0.3 is 11.1 Å². The van der Waals surface area contributed by atoms with E-state index in [1.807, 2.05) is 12.1 Å². The van der Waals surface area contributed by atoms with E-state index >= 15 is 0 Å². The van der Waals surface area contributed by atoms with Crippen LogP contribution in [0.15, 0.2) is 30.6 Å². The highest BCUT2D eigenvalue weighted by Crippen LogP contribution is 2.18. The molecule has 0 aliphatic rings. The third kappa shape index (κ3) is 2.45. The second-order valence-electron chi connectivity index (χ2n) is 3.55. The first-order valence-corrected chi connectivity index (χ1v) is 5.07. The molecular weight excluding hydrogens is 220 g/mol. The van der Waals surface area contributed by atoms with Crippen LogP contribution in [0.25, 0.3) is 5.69 Å². The Morgan fingerprint density at radius 3 is 2.88 bits per heavy atom. The summed E-state index contributed by atoms with van der Waals surface area (Å²) >= 11 is 0. The van der Waals surface area contributed by atoms with Gasteiger partial charge in [-0.25, -0.2) is 0 Å². The number of tetrazole rings is 1. The van der Waals surface area contributed by atoms with Gasteiger partial charge in [-0.2, -0.15) is 4.68 Å². The van der Waals surface area contributed by atoms with Gasteiger partial charge in [0.2, 0.25) is 5.91 Å². The molecule has 17 heavy (non-hydrogen) atoms. The summed E-state index contributed by atoms with van der Waals surface area (Å²) < 4.78 is 1.47. The number of benzene rings is 1. The monoisotopic (exact) mass is 232 g/mol. The Balaban J connectivity index is 2.32. The number of amides is 1. The van der Waals surface area contributed by atoms with Gasteiger partial charge in [0.25, 0.3) is 0 Å². The molecule has 0 bridgehead atoms. The Hall–Kier alpha value is -2.28. The summed E-state index contributed by atoms with van der Waals surface area (Å²) in [5.74, 6) is -0.259. The van der Waals surface area contributed by atoms with E-state index in [0.717, 1.165) is 0 Å². The molecule has 7 nitrogen and oxygen atoms in total. The number of hydrogen-bond donors (Lipinski definition) is 2. The number of hydrogen-bond acceptors (Lipinski definition) is 5. The number of aromatic nitrogens is 4. The van der Waals surface area contributed by atoms with Crippen molar-refractivity contribution in [3.05, 3.63) is 30.6 Å². The highest BCUT2D eigenvalue weighted by Gasteiger charge is 2.11. The summed E-state index contributed by atoms with van der Waals surface area (Å²) in [5, 5.41) is 13.6. The van der Waals surface area contributed by atoms with Crippen molar-refractivity contribution in [2.45, 2.75) is 13.0 Å². The van der Waals surface area contributed by atoms with Gasteiger partial charge in [-0.3, -0.25) is 4.79 Å². The summed E-state index contributed by atoms with van der Waals surface area (Å²) in [4.78, 5) is 11.5. The third-order valence-corrected chi connectivity index (χ3v) is 2.17. The molecule has 0 spiro atoms. The molecule has 1 aromatic carbocycles. The minimum atomic E-state index is -0.572. The lowest BCUT2D eigenvalue weighted by atomic mass is 10.2. The molecule has 0 saturated heterocycles. The number of carbonyl (C=O) groups is 1. The predicted octanol–water partition coefficient (Wildman–Crippen LogP) is -0.0520. The van der Waals surface area contributed by atoms with E-state index in [2.05, 4.69) is 20.8 Å². The fourth-order valence-corrected chi connectivity index (χ4v) is 1.30. The Morgan fingerprint density at radius 1 is 1.47 bits per heavy atom. The largest absolute Gasteiger partial charge is 0.323 e. The molecule has 7 heteroatoms. The maximum absolute atomic E-state index is 11.5. The van der Waals surface area contributed by atoms with Gasteiger partial charge in [0.1, 0.15) is 6.33 Å². The molecular formula is C10H12N6O. The molecule has 2 rings (SSSR count). The Bertz CT molecular complexity index is 507. The molecule has 1 heterocycles. The number of nitrogens with one attached hydrogen (secondary N) is 1. The molecule has 0 saturated carbocycles. The van der Waals surface area contributed by atoms with Crippen molar-refractivity contribution < 1.29 is 4.79 Å². The normalized spacial score (nSPS) is 12.1. The van der Waals surface area contributed by atoms with Gasteiger partial charge in [-0.15, -0.1) is 5.10 Å². The SMILES string of the molecule is CC(N)C(=O)Nc1ccccc1-n1cnnn1. The fraction of sp³-hybridized carbons (Fsp3) is 0.200. The lowest BCUT2D eigenvalue weighted by Crippen LogP contribution is -2.32. The Morgan fingerprint density at radius 2 is 2.24 bits per heavy atom. The van der Waals surface area contributed by atoms with Crippen molar-refractivity contribution >= 4 is 11.6 Å². The second-order valence-corrected chi connectivity index (χ2v) is 3.55. The highest BCUT2D eigenvalue weighted by molar-refractivity contribution is 5.96. The zero-order chi connectivity index (χ0) is 12.3. The number of nitrogens with two attached hydrogens (primary N) is 1. The van der Waals surface area contributed by atoms with Crippen LogP contribution in [0.5, 0.6) is 0 Å². The number of rotatable bonds is 3. The average Bonchev–Trinajstić information content (AvgIpc) is 2.83. The minimum Gasteiger partial charge on any atom is -0.323 e. The van der Waals surface area contributed by atoms with E-state index in [-0.39, 0.29) is 5.91 Å². The van der Waals surface area contributed by atoms with Crippen LogP contribution in [0.4, 0.5) is 5.69 Å². The number of carbonyl (C=O) groups excluding carboxylic acids is 1. The van der Waals surface area contributed by atoms with E-state index in [9.17, 15) is 4.79 Å². The molecule has 3 N–H and O–H groups in total. The van der Waals surface area contributed by atoms with Gasteiger partial charge in [-0.05, 0) is 29.5 Å². The smallest absolute Gasteiger partial charge is 0.241 e. The summed E-state index contributed by atoms with van der Waals surface area (Å²) in [6.45, 7) is 1.62. The molecule has 1 unspecified atom stereocenters. The molecule has 0 aliphatic heterocycles. The topological polar surface area (TPSA) is 98.7 Å². The summed E-state index contributed by atoms with van der Waals surface area (Å²) in [7, 11) is 0. The molecule has 0 fully saturated rings. The second kappa shape index (κ2) is 4.71. The van der Waals surface area contributed by atoms with Gasteiger partial charge in [0, 0.05) is 0 Å². The molecule has 88 valence electrons. The zero-order valence-electron chi connectivity index (χ0n) is 9.24. The van der Waals surface area contributed by atoms with Crippen LogP contribution in [0.3, 0.4) is 0 Å². The minimum absolute atomic E-state index is 0.259. The van der Waals surface area contributed by atoms with Crippen LogP contribution in [0, 0.1) is 0 Å². The summed E-state index contributed by atoms with van der Waals surface area (Å²) in [6, 6.07) is 6.63. The lowest BCUT2D eigenvalue weighted by Gasteiger charge is -2.11. The van der Waals surface area contributed by atoms with Crippen LogP contribution in [0.2, 0.25) is 0 Å². The van der Waals surface area contributed by atoms with Crippen LogP contribution in [-0.2, 0) is 4.79 Å². The van der Waals surface area contributed by atoms with Gasteiger partial charge >= 0.3 is 0 Å². The summed E-state index contributed by atoms with van der Waals surface area (Å²) in [6.07, 6.45) is 1.46. The van der Waals surface area contributed by atoms with Crippen molar-refractivity contribution in [1.29, 1.82) is 0 Å². The molecule has 1 aromatic heterocycles. The molecule has 1 atom stereocenters. The lowest BCUT2D eigenvalue weighted by molar-refractivity contribution is -0.117. The van der Waals surface area contributed by atoms with Crippen molar-refractivity contribution in [1.82, 2.24) is 20.2 Å². The predicted molar refractivity (Wildman–Crippen MR) is 61.4 cm³/mol. The van der Waals surface area contributed by atoms with Crippen LogP contribution in [-0.4, -0.2) is 32.2 Å². The highest BCUT2D eigenvalue weighted by atomic mass is 16.2. The van der Waals surface area contributed by atoms with Crippen LogP contribution < -0.4 is 11.1 Å². The quantitative estimate of drug-likeness (QED) is 0.772. The van der Waals surface area contributed by atoms with E-state index in [0.29, 0.717) is 11.4 Å². The molecule has 0 radical (unpaired) electrons.